The Kier molecular flexibility index (Phi) is 3.58. The van der Waals surface area contributed by atoms with Crippen molar-refractivity contribution in [2.45, 2.75) is 50.9 Å². The summed E-state index contributed by atoms with van der Waals surface area (Å²) < 4.78 is 31.2. The van der Waals surface area contributed by atoms with Crippen LogP contribution in [0.4, 0.5) is 8.78 Å². The second-order valence-corrected chi connectivity index (χ2v) is 9.75. The van der Waals surface area contributed by atoms with Gasteiger partial charge in [-0.1, -0.05) is 13.8 Å². The average molecular weight is 392 g/mol. The highest BCUT2D eigenvalue weighted by Crippen LogP contribution is 2.61. The minimum Gasteiger partial charge on any atom is -0.294 e. The molecule has 3 aliphatic carbocycles. The fraction of sp³-hybridized carbons (Fsp3) is 0.500. The molecule has 5 rings (SSSR count). The van der Waals surface area contributed by atoms with Gasteiger partial charge in [-0.15, -0.1) is 22.7 Å². The predicted molar refractivity (Wildman–Crippen MR) is 98.3 cm³/mol. The number of carbonyl (C=O) groups is 2. The van der Waals surface area contributed by atoms with Crippen LogP contribution in [0.1, 0.15) is 65.9 Å². The Morgan fingerprint density at radius 1 is 0.769 bits per heavy atom. The Morgan fingerprint density at radius 3 is 1.50 bits per heavy atom. The van der Waals surface area contributed by atoms with Crippen molar-refractivity contribution in [2.24, 2.45) is 11.8 Å². The number of ketones is 2. The third kappa shape index (κ3) is 1.89. The van der Waals surface area contributed by atoms with Crippen LogP contribution in [0.15, 0.2) is 12.1 Å². The molecule has 6 atom stereocenters. The zero-order valence-corrected chi connectivity index (χ0v) is 16.1. The van der Waals surface area contributed by atoms with Crippen molar-refractivity contribution in [2.75, 3.05) is 0 Å². The van der Waals surface area contributed by atoms with Gasteiger partial charge in [0.25, 0.3) is 0 Å². The van der Waals surface area contributed by atoms with E-state index in [4.69, 9.17) is 0 Å². The summed E-state index contributed by atoms with van der Waals surface area (Å²) in [6.07, 6.45) is -1.47. The monoisotopic (exact) mass is 392 g/mol. The van der Waals surface area contributed by atoms with E-state index in [1.54, 1.807) is 12.1 Å². The summed E-state index contributed by atoms with van der Waals surface area (Å²) in [4.78, 5) is 29.1. The van der Waals surface area contributed by atoms with Crippen LogP contribution >= 0.6 is 22.7 Å². The molecule has 2 nitrogen and oxygen atoms in total. The van der Waals surface area contributed by atoms with Gasteiger partial charge in [0.1, 0.15) is 12.3 Å². The summed E-state index contributed by atoms with van der Waals surface area (Å²) in [7, 11) is 0. The molecule has 0 radical (unpaired) electrons. The van der Waals surface area contributed by atoms with Crippen molar-refractivity contribution >= 4 is 34.2 Å². The topological polar surface area (TPSA) is 34.1 Å². The van der Waals surface area contributed by atoms with Crippen molar-refractivity contribution in [1.29, 1.82) is 0 Å². The maximum absolute atomic E-state index is 15.6. The van der Waals surface area contributed by atoms with Crippen LogP contribution in [-0.4, -0.2) is 23.9 Å². The molecule has 3 aliphatic rings. The minimum atomic E-state index is -1.50. The van der Waals surface area contributed by atoms with Gasteiger partial charge in [-0.25, -0.2) is 8.78 Å². The zero-order valence-electron chi connectivity index (χ0n) is 14.4. The maximum atomic E-state index is 15.6. The number of fused-ring (bicyclic) bond motifs is 6. The van der Waals surface area contributed by atoms with Gasteiger partial charge in [0.2, 0.25) is 0 Å². The molecule has 6 heteroatoms. The fourth-order valence-electron chi connectivity index (χ4n) is 4.97. The van der Waals surface area contributed by atoms with Crippen LogP contribution in [0.25, 0.3) is 0 Å². The first-order chi connectivity index (χ1) is 12.5. The zero-order chi connectivity index (χ0) is 18.3. The number of halogens is 2. The van der Waals surface area contributed by atoms with Crippen LogP contribution in [0.5, 0.6) is 0 Å². The first-order valence-corrected chi connectivity index (χ1v) is 10.7. The Bertz CT molecular complexity index is 868. The molecular weight excluding hydrogens is 374 g/mol. The van der Waals surface area contributed by atoms with E-state index in [0.717, 1.165) is 22.6 Å². The normalized spacial score (nSPS) is 34.6. The molecule has 0 N–H and O–H groups in total. The standard InChI is InChI=1S/C20H18F2O2S2/c1-3-7-5-9-17(23)11-13(19(9)25-7)15(21)12-14(16(11)22)20-10(18(12)24)6-8(4-2)26-20/h5-6,11-16H,3-4H2,1-2H3. The third-order valence-corrected chi connectivity index (χ3v) is 8.97. The Balaban J connectivity index is 1.63. The average Bonchev–Trinajstić information content (AvgIpc) is 3.34. The number of carbonyl (C=O) groups excluding carboxylic acids is 2. The van der Waals surface area contributed by atoms with Crippen molar-refractivity contribution in [3.63, 3.8) is 0 Å². The van der Waals surface area contributed by atoms with Crippen LogP contribution < -0.4 is 0 Å². The first kappa shape index (κ1) is 16.8. The molecule has 1 saturated carbocycles. The maximum Gasteiger partial charge on any atom is 0.170 e. The quantitative estimate of drug-likeness (QED) is 0.711. The largest absolute Gasteiger partial charge is 0.294 e. The summed E-state index contributed by atoms with van der Waals surface area (Å²) >= 11 is 2.82. The van der Waals surface area contributed by atoms with E-state index in [1.165, 1.54) is 22.7 Å². The minimum absolute atomic E-state index is 0.275. The first-order valence-electron chi connectivity index (χ1n) is 9.09. The molecule has 0 saturated heterocycles. The molecule has 2 heterocycles. The lowest BCUT2D eigenvalue weighted by Crippen LogP contribution is -2.46. The van der Waals surface area contributed by atoms with Gasteiger partial charge < -0.3 is 0 Å². The van der Waals surface area contributed by atoms with Gasteiger partial charge in [0.05, 0.1) is 11.8 Å². The summed E-state index contributed by atoms with van der Waals surface area (Å²) in [5, 5.41) is 0. The lowest BCUT2D eigenvalue weighted by atomic mass is 9.67. The lowest BCUT2D eigenvalue weighted by molar-refractivity contribution is 0.0241. The molecule has 1 fully saturated rings. The van der Waals surface area contributed by atoms with Crippen molar-refractivity contribution in [3.8, 4) is 0 Å². The second-order valence-electron chi connectivity index (χ2n) is 7.41. The van der Waals surface area contributed by atoms with Crippen LogP contribution in [-0.2, 0) is 12.8 Å². The number of rotatable bonds is 2. The Morgan fingerprint density at radius 2 is 1.15 bits per heavy atom. The second kappa shape index (κ2) is 5.55. The van der Waals surface area contributed by atoms with E-state index in [9.17, 15) is 9.59 Å². The van der Waals surface area contributed by atoms with Gasteiger partial charge >= 0.3 is 0 Å². The Hall–Kier alpha value is -1.40. The molecule has 0 bridgehead atoms. The van der Waals surface area contributed by atoms with Crippen molar-refractivity contribution in [3.05, 3.63) is 42.8 Å². The third-order valence-electron chi connectivity index (χ3n) is 6.21. The molecule has 2 aromatic heterocycles. The summed E-state index contributed by atoms with van der Waals surface area (Å²) in [5.41, 5.74) is 0.973. The number of hydrogen-bond donors (Lipinski definition) is 0. The van der Waals surface area contributed by atoms with E-state index >= 15 is 8.78 Å². The van der Waals surface area contributed by atoms with Gasteiger partial charge in [-0.05, 0) is 25.0 Å². The lowest BCUT2D eigenvalue weighted by Gasteiger charge is -2.39. The molecule has 0 spiro atoms. The molecule has 2 aromatic rings. The van der Waals surface area contributed by atoms with E-state index < -0.39 is 36.0 Å². The highest BCUT2D eigenvalue weighted by molar-refractivity contribution is 7.13. The van der Waals surface area contributed by atoms with Gasteiger partial charge in [-0.3, -0.25) is 9.59 Å². The summed E-state index contributed by atoms with van der Waals surface area (Å²) in [5.74, 6) is -4.12. The van der Waals surface area contributed by atoms with E-state index in [1.807, 2.05) is 13.8 Å². The molecule has 0 amide bonds. The van der Waals surface area contributed by atoms with Crippen molar-refractivity contribution < 1.29 is 18.4 Å². The van der Waals surface area contributed by atoms with Crippen molar-refractivity contribution in [1.82, 2.24) is 0 Å². The summed E-state index contributed by atoms with van der Waals surface area (Å²) in [6.45, 7) is 3.96. The molecule has 6 unspecified atom stereocenters. The van der Waals surface area contributed by atoms with Crippen LogP contribution in [0.3, 0.4) is 0 Å². The van der Waals surface area contributed by atoms with Gasteiger partial charge in [0, 0.05) is 42.5 Å². The summed E-state index contributed by atoms with van der Waals surface area (Å²) in [6, 6.07) is 3.59. The molecule has 0 aromatic carbocycles. The van der Waals surface area contributed by atoms with Gasteiger partial charge in [0.15, 0.2) is 11.6 Å². The predicted octanol–water partition coefficient (Wildman–Crippen LogP) is 5.12. The molecule has 0 aliphatic heterocycles. The highest BCUT2D eigenvalue weighted by Gasteiger charge is 2.64. The van der Waals surface area contributed by atoms with E-state index in [-0.39, 0.29) is 11.6 Å². The smallest absolute Gasteiger partial charge is 0.170 e. The van der Waals surface area contributed by atoms with Crippen LogP contribution in [0, 0.1) is 11.8 Å². The van der Waals surface area contributed by atoms with Gasteiger partial charge in [-0.2, -0.15) is 0 Å². The molecule has 26 heavy (non-hydrogen) atoms. The number of thiophene rings is 2. The number of alkyl halides is 2. The van der Waals surface area contributed by atoms with E-state index in [0.29, 0.717) is 20.9 Å². The molecule has 136 valence electrons. The SMILES string of the molecule is CCc1cc2c(s1)C1C(F)C3C(=O)c4cc(CC)sc4C3C(F)C1C2=O. The number of aryl methyl sites for hydroxylation is 2. The van der Waals surface area contributed by atoms with Crippen LogP contribution in [0.2, 0.25) is 0 Å². The fourth-order valence-corrected chi connectivity index (χ4v) is 7.54. The molecular formula is C20H18F2O2S2. The highest BCUT2D eigenvalue weighted by atomic mass is 32.1. The number of Topliss-reactive ketones (excluding diaryl/α,β-unsaturated/α-hetero) is 2. The van der Waals surface area contributed by atoms with E-state index in [2.05, 4.69) is 0 Å². The Labute approximate surface area is 158 Å². The number of hydrogen-bond acceptors (Lipinski definition) is 4.